The average molecular weight is 310 g/mol. The van der Waals surface area contributed by atoms with Crippen molar-refractivity contribution in [1.29, 1.82) is 0 Å². The molecule has 5 heteroatoms. The van der Waals surface area contributed by atoms with Gasteiger partial charge in [0.25, 0.3) is 0 Å². The van der Waals surface area contributed by atoms with Gasteiger partial charge in [0.2, 0.25) is 0 Å². The molecule has 2 rings (SSSR count). The van der Waals surface area contributed by atoms with Gasteiger partial charge in [0.1, 0.15) is 11.5 Å². The molecule has 0 atom stereocenters. The van der Waals surface area contributed by atoms with Gasteiger partial charge < -0.3 is 10.3 Å². The molecule has 0 saturated heterocycles. The van der Waals surface area contributed by atoms with Crippen molar-refractivity contribution in [2.24, 2.45) is 5.16 Å². The fourth-order valence-electron chi connectivity index (χ4n) is 1.90. The number of oxime groups is 1. The van der Waals surface area contributed by atoms with Crippen molar-refractivity contribution in [3.05, 3.63) is 63.1 Å². The van der Waals surface area contributed by atoms with Gasteiger partial charge in [-0.2, -0.15) is 0 Å². The van der Waals surface area contributed by atoms with Crippen molar-refractivity contribution in [1.82, 2.24) is 0 Å². The highest BCUT2D eigenvalue weighted by atomic mass is 35.5. The van der Waals surface area contributed by atoms with Gasteiger partial charge in [0.05, 0.1) is 10.0 Å². The van der Waals surface area contributed by atoms with Crippen molar-refractivity contribution >= 4 is 28.9 Å². The van der Waals surface area contributed by atoms with E-state index in [9.17, 15) is 10.3 Å². The van der Waals surface area contributed by atoms with Crippen LogP contribution in [0.25, 0.3) is 0 Å². The van der Waals surface area contributed by atoms with Crippen LogP contribution in [0.15, 0.2) is 41.6 Å². The van der Waals surface area contributed by atoms with E-state index in [2.05, 4.69) is 5.16 Å². The Hall–Kier alpha value is -1.71. The van der Waals surface area contributed by atoms with Gasteiger partial charge in [-0.3, -0.25) is 0 Å². The van der Waals surface area contributed by atoms with Crippen LogP contribution in [-0.2, 0) is 6.42 Å². The summed E-state index contributed by atoms with van der Waals surface area (Å²) in [6.45, 7) is 2.01. The molecule has 0 radical (unpaired) electrons. The first-order valence-electron chi connectivity index (χ1n) is 6.06. The third kappa shape index (κ3) is 2.89. The predicted molar refractivity (Wildman–Crippen MR) is 81.4 cm³/mol. The first-order valence-corrected chi connectivity index (χ1v) is 6.82. The number of nitrogens with zero attached hydrogens (tertiary/aromatic N) is 1. The summed E-state index contributed by atoms with van der Waals surface area (Å²) in [5.74, 6) is 0.0427. The highest BCUT2D eigenvalue weighted by Crippen LogP contribution is 2.27. The monoisotopic (exact) mass is 309 g/mol. The maximum atomic E-state index is 9.97. The van der Waals surface area contributed by atoms with Gasteiger partial charge in [0, 0.05) is 11.1 Å². The Balaban J connectivity index is 2.55. The van der Waals surface area contributed by atoms with Crippen LogP contribution in [0.1, 0.15) is 23.6 Å². The van der Waals surface area contributed by atoms with E-state index in [4.69, 9.17) is 23.2 Å². The number of hydrogen-bond donors (Lipinski definition) is 2. The van der Waals surface area contributed by atoms with E-state index < -0.39 is 0 Å². The summed E-state index contributed by atoms with van der Waals surface area (Å²) in [7, 11) is 0. The lowest BCUT2D eigenvalue weighted by molar-refractivity contribution is 0.319. The molecular weight excluding hydrogens is 297 g/mol. The molecule has 20 heavy (non-hydrogen) atoms. The van der Waals surface area contributed by atoms with E-state index in [1.165, 1.54) is 0 Å². The summed E-state index contributed by atoms with van der Waals surface area (Å²) >= 11 is 11.8. The number of halogens is 2. The van der Waals surface area contributed by atoms with Gasteiger partial charge in [-0.15, -0.1) is 0 Å². The molecule has 2 aromatic carbocycles. The molecule has 0 bridgehead atoms. The topological polar surface area (TPSA) is 52.8 Å². The number of aryl methyl sites for hydroxylation is 1. The average Bonchev–Trinajstić information content (AvgIpc) is 2.45. The largest absolute Gasteiger partial charge is 0.507 e. The minimum absolute atomic E-state index is 0.0427. The fraction of sp³-hybridized carbons (Fsp3) is 0.133. The van der Waals surface area contributed by atoms with E-state index in [0.717, 1.165) is 12.0 Å². The van der Waals surface area contributed by atoms with Crippen LogP contribution < -0.4 is 0 Å². The van der Waals surface area contributed by atoms with Crippen LogP contribution in [0.2, 0.25) is 10.0 Å². The summed E-state index contributed by atoms with van der Waals surface area (Å²) in [4.78, 5) is 0. The first kappa shape index (κ1) is 14.7. The summed E-state index contributed by atoms with van der Waals surface area (Å²) < 4.78 is 0. The van der Waals surface area contributed by atoms with Gasteiger partial charge in [-0.05, 0) is 36.2 Å². The van der Waals surface area contributed by atoms with Gasteiger partial charge in [0.15, 0.2) is 0 Å². The minimum atomic E-state index is 0.0427. The molecule has 0 aliphatic heterocycles. The van der Waals surface area contributed by atoms with Gasteiger partial charge in [-0.25, -0.2) is 0 Å². The summed E-state index contributed by atoms with van der Waals surface area (Å²) in [6, 6.07) is 10.1. The molecule has 3 nitrogen and oxygen atoms in total. The highest BCUT2D eigenvalue weighted by Gasteiger charge is 2.14. The van der Waals surface area contributed by atoms with Crippen LogP contribution in [0, 0.1) is 0 Å². The molecule has 0 spiro atoms. The SMILES string of the molecule is CCc1ccc(O)c(/C(=N/O)c2ccc(Cl)c(Cl)c2)c1. The van der Waals surface area contributed by atoms with E-state index in [0.29, 0.717) is 21.2 Å². The van der Waals surface area contributed by atoms with E-state index in [-0.39, 0.29) is 11.5 Å². The van der Waals surface area contributed by atoms with E-state index >= 15 is 0 Å². The normalized spacial score (nSPS) is 11.7. The molecule has 0 amide bonds. The zero-order valence-corrected chi connectivity index (χ0v) is 12.3. The molecule has 0 fully saturated rings. The van der Waals surface area contributed by atoms with Crippen LogP contribution in [0.3, 0.4) is 0 Å². The molecule has 0 heterocycles. The Bertz CT molecular complexity index is 669. The van der Waals surface area contributed by atoms with Gasteiger partial charge >= 0.3 is 0 Å². The Kier molecular flexibility index (Phi) is 4.53. The molecule has 0 aliphatic carbocycles. The third-order valence-corrected chi connectivity index (χ3v) is 3.76. The van der Waals surface area contributed by atoms with Crippen molar-refractivity contribution in [2.45, 2.75) is 13.3 Å². The molecule has 0 aliphatic rings. The van der Waals surface area contributed by atoms with Crippen molar-refractivity contribution in [3.63, 3.8) is 0 Å². The van der Waals surface area contributed by atoms with Crippen LogP contribution in [0.5, 0.6) is 5.75 Å². The fourth-order valence-corrected chi connectivity index (χ4v) is 2.20. The number of benzene rings is 2. The number of hydrogen-bond acceptors (Lipinski definition) is 3. The molecular formula is C15H13Cl2NO2. The van der Waals surface area contributed by atoms with Crippen molar-refractivity contribution in [3.8, 4) is 5.75 Å². The molecule has 2 aromatic rings. The van der Waals surface area contributed by atoms with E-state index in [1.807, 2.05) is 13.0 Å². The van der Waals surface area contributed by atoms with Gasteiger partial charge in [-0.1, -0.05) is 47.4 Å². The first-order chi connectivity index (χ1) is 9.56. The Morgan fingerprint density at radius 2 is 1.85 bits per heavy atom. The summed E-state index contributed by atoms with van der Waals surface area (Å²) in [6.07, 6.45) is 0.813. The Morgan fingerprint density at radius 3 is 2.45 bits per heavy atom. The zero-order valence-electron chi connectivity index (χ0n) is 10.8. The van der Waals surface area contributed by atoms with Crippen LogP contribution in [0.4, 0.5) is 0 Å². The maximum absolute atomic E-state index is 9.97. The molecule has 104 valence electrons. The summed E-state index contributed by atoms with van der Waals surface area (Å²) in [5.41, 5.74) is 2.30. The number of phenolic OH excluding ortho intramolecular Hbond substituents is 1. The third-order valence-electron chi connectivity index (χ3n) is 3.02. The lowest BCUT2D eigenvalue weighted by Gasteiger charge is -2.10. The molecule has 0 aromatic heterocycles. The lowest BCUT2D eigenvalue weighted by atomic mass is 9.99. The zero-order chi connectivity index (χ0) is 14.7. The number of rotatable bonds is 3. The maximum Gasteiger partial charge on any atom is 0.125 e. The smallest absolute Gasteiger partial charge is 0.125 e. The Morgan fingerprint density at radius 1 is 1.10 bits per heavy atom. The minimum Gasteiger partial charge on any atom is -0.507 e. The van der Waals surface area contributed by atoms with Crippen LogP contribution >= 0.6 is 23.2 Å². The van der Waals surface area contributed by atoms with Crippen LogP contribution in [-0.4, -0.2) is 16.0 Å². The quantitative estimate of drug-likeness (QED) is 0.498. The standard InChI is InChI=1S/C15H13Cl2NO2/c1-2-9-3-6-14(19)11(7-9)15(18-20)10-4-5-12(16)13(17)8-10/h3-8,19-20H,2H2,1H3/b18-15+. The second kappa shape index (κ2) is 6.16. The second-order valence-corrected chi connectivity index (χ2v) is 5.10. The second-order valence-electron chi connectivity index (χ2n) is 4.28. The van der Waals surface area contributed by atoms with E-state index in [1.54, 1.807) is 30.3 Å². The molecule has 0 saturated carbocycles. The Labute approximate surface area is 127 Å². The number of phenols is 1. The van der Waals surface area contributed by atoms with Crippen molar-refractivity contribution in [2.75, 3.05) is 0 Å². The number of aromatic hydroxyl groups is 1. The predicted octanol–water partition coefficient (Wildman–Crippen LogP) is 4.49. The van der Waals surface area contributed by atoms with Crippen molar-refractivity contribution < 1.29 is 10.3 Å². The molecule has 2 N–H and O–H groups in total. The summed E-state index contributed by atoms with van der Waals surface area (Å²) in [5, 5.41) is 23.3. The highest BCUT2D eigenvalue weighted by molar-refractivity contribution is 6.42. The molecule has 0 unspecified atom stereocenters. The lowest BCUT2D eigenvalue weighted by Crippen LogP contribution is -2.04.